The molecule has 1 atom stereocenters. The molecule has 1 aliphatic rings. The van der Waals surface area contributed by atoms with Gasteiger partial charge in [-0.25, -0.2) is 0 Å². The molecule has 4 nitrogen and oxygen atoms in total. The van der Waals surface area contributed by atoms with Crippen LogP contribution in [0.1, 0.15) is 42.9 Å². The Bertz CT molecular complexity index is 738. The number of halogens is 1. The van der Waals surface area contributed by atoms with Crippen LogP contribution in [-0.2, 0) is 27.3 Å². The maximum atomic E-state index is 11.5. The van der Waals surface area contributed by atoms with Crippen molar-refractivity contribution in [3.8, 4) is 0 Å². The smallest absolute Gasteiger partial charge is 0.305 e. The lowest BCUT2D eigenvalue weighted by Gasteiger charge is -2.32. The molecule has 0 aliphatic carbocycles. The molecule has 0 amide bonds. The fourth-order valence-corrected chi connectivity index (χ4v) is 3.64. The van der Waals surface area contributed by atoms with Crippen molar-refractivity contribution in [2.45, 2.75) is 45.3 Å². The quantitative estimate of drug-likeness (QED) is 0.440. The highest BCUT2D eigenvalue weighted by atomic mass is 35.5. The molecule has 0 saturated carbocycles. The van der Waals surface area contributed by atoms with Crippen LogP contribution < -0.4 is 0 Å². The van der Waals surface area contributed by atoms with Crippen LogP contribution in [0.15, 0.2) is 54.6 Å². The number of nitrogens with zero attached hydrogens (tertiary/aromatic N) is 1. The molecule has 0 aromatic heterocycles. The Labute approximate surface area is 180 Å². The van der Waals surface area contributed by atoms with E-state index in [1.807, 2.05) is 13.0 Å². The third kappa shape index (κ3) is 7.81. The van der Waals surface area contributed by atoms with E-state index in [2.05, 4.69) is 53.4 Å². The first kappa shape index (κ1) is 23.4. The van der Waals surface area contributed by atoms with E-state index in [4.69, 9.17) is 9.47 Å². The Balaban J connectivity index is 0.00000300. The molecule has 5 heteroatoms. The van der Waals surface area contributed by atoms with E-state index in [9.17, 15) is 4.79 Å². The summed E-state index contributed by atoms with van der Waals surface area (Å²) in [6.45, 7) is 5.90. The lowest BCUT2D eigenvalue weighted by Crippen LogP contribution is -2.42. The Morgan fingerprint density at radius 3 is 2.55 bits per heavy atom. The van der Waals surface area contributed by atoms with Crippen LogP contribution in [0.3, 0.4) is 0 Å². The Hall–Kier alpha value is -1.88. The van der Waals surface area contributed by atoms with E-state index in [0.29, 0.717) is 19.6 Å². The average Bonchev–Trinajstić information content (AvgIpc) is 2.73. The first-order chi connectivity index (χ1) is 13.7. The van der Waals surface area contributed by atoms with Gasteiger partial charge in [0.1, 0.15) is 6.10 Å². The minimum Gasteiger partial charge on any atom is -0.461 e. The third-order valence-electron chi connectivity index (χ3n) is 5.21. The summed E-state index contributed by atoms with van der Waals surface area (Å²) in [5.41, 5.74) is 3.88. The number of likely N-dealkylation sites (tertiary alicyclic amines) is 1. The Morgan fingerprint density at radius 2 is 1.79 bits per heavy atom. The molecule has 0 unspecified atom stereocenters. The molecule has 1 aliphatic heterocycles. The molecule has 0 N–H and O–H groups in total. The monoisotopic (exact) mass is 417 g/mol. The van der Waals surface area contributed by atoms with E-state index < -0.39 is 0 Å². The van der Waals surface area contributed by atoms with Crippen molar-refractivity contribution in [2.75, 3.05) is 26.2 Å². The number of hydrogen-bond donors (Lipinski definition) is 0. The summed E-state index contributed by atoms with van der Waals surface area (Å²) in [5.74, 6) is -0.0990. The summed E-state index contributed by atoms with van der Waals surface area (Å²) >= 11 is 0. The molecule has 29 heavy (non-hydrogen) atoms. The van der Waals surface area contributed by atoms with Crippen molar-refractivity contribution in [1.29, 1.82) is 0 Å². The maximum absolute atomic E-state index is 11.5. The van der Waals surface area contributed by atoms with E-state index >= 15 is 0 Å². The van der Waals surface area contributed by atoms with Gasteiger partial charge < -0.3 is 9.47 Å². The summed E-state index contributed by atoms with van der Waals surface area (Å²) in [7, 11) is 0. The molecular weight excluding hydrogens is 386 g/mol. The zero-order valence-corrected chi connectivity index (χ0v) is 18.0. The standard InChI is InChI=1S/C24H31NO3.ClH/c1-2-24(26)28-23-13-8-14-25(18-23)15-16-27-19-22-12-7-6-11-21(22)17-20-9-4-3-5-10-20;/h3-7,9-12,23H,2,8,13-19H2,1H3;1H/t23-;/m1./s1. The predicted octanol–water partition coefficient (Wildman–Crippen LogP) is 4.63. The first-order valence-electron chi connectivity index (χ1n) is 10.3. The highest BCUT2D eigenvalue weighted by molar-refractivity contribution is 5.85. The summed E-state index contributed by atoms with van der Waals surface area (Å²) in [6, 6.07) is 19.0. The minimum atomic E-state index is -0.0990. The van der Waals surface area contributed by atoms with Crippen molar-refractivity contribution in [1.82, 2.24) is 4.90 Å². The van der Waals surface area contributed by atoms with Crippen LogP contribution in [0.25, 0.3) is 0 Å². The van der Waals surface area contributed by atoms with Crippen molar-refractivity contribution in [3.63, 3.8) is 0 Å². The van der Waals surface area contributed by atoms with Gasteiger partial charge in [0.15, 0.2) is 0 Å². The number of carbonyl (C=O) groups excluding carboxylic acids is 1. The van der Waals surface area contributed by atoms with Gasteiger partial charge in [-0.15, -0.1) is 12.4 Å². The van der Waals surface area contributed by atoms with Gasteiger partial charge in [0.2, 0.25) is 0 Å². The number of carbonyl (C=O) groups is 1. The highest BCUT2D eigenvalue weighted by Crippen LogP contribution is 2.16. The van der Waals surface area contributed by atoms with Gasteiger partial charge in [-0.05, 0) is 42.5 Å². The molecule has 1 heterocycles. The predicted molar refractivity (Wildman–Crippen MR) is 118 cm³/mol. The first-order valence-corrected chi connectivity index (χ1v) is 10.3. The van der Waals surface area contributed by atoms with Crippen LogP contribution in [0, 0.1) is 0 Å². The van der Waals surface area contributed by atoms with Crippen molar-refractivity contribution in [2.24, 2.45) is 0 Å². The Morgan fingerprint density at radius 1 is 1.07 bits per heavy atom. The molecule has 1 saturated heterocycles. The molecule has 0 bridgehead atoms. The summed E-state index contributed by atoms with van der Waals surface area (Å²) in [6.07, 6.45) is 3.45. The van der Waals surface area contributed by atoms with Gasteiger partial charge in [0.05, 0.1) is 13.2 Å². The van der Waals surface area contributed by atoms with Gasteiger partial charge in [0, 0.05) is 19.5 Å². The van der Waals surface area contributed by atoms with Gasteiger partial charge in [0.25, 0.3) is 0 Å². The average molecular weight is 418 g/mol. The lowest BCUT2D eigenvalue weighted by atomic mass is 10.0. The number of benzene rings is 2. The van der Waals surface area contributed by atoms with Crippen LogP contribution >= 0.6 is 12.4 Å². The molecule has 158 valence electrons. The lowest BCUT2D eigenvalue weighted by molar-refractivity contribution is -0.151. The van der Waals surface area contributed by atoms with E-state index in [-0.39, 0.29) is 24.5 Å². The molecule has 1 fully saturated rings. The zero-order chi connectivity index (χ0) is 19.6. The van der Waals surface area contributed by atoms with E-state index in [0.717, 1.165) is 38.9 Å². The van der Waals surface area contributed by atoms with Crippen LogP contribution in [-0.4, -0.2) is 43.2 Å². The van der Waals surface area contributed by atoms with E-state index in [1.54, 1.807) is 0 Å². The second-order valence-electron chi connectivity index (χ2n) is 7.39. The zero-order valence-electron chi connectivity index (χ0n) is 17.2. The third-order valence-corrected chi connectivity index (χ3v) is 5.21. The van der Waals surface area contributed by atoms with Gasteiger partial charge in [-0.2, -0.15) is 0 Å². The van der Waals surface area contributed by atoms with Crippen molar-refractivity contribution >= 4 is 18.4 Å². The number of esters is 1. The summed E-state index contributed by atoms with van der Waals surface area (Å²) in [5, 5.41) is 0. The molecular formula is C24H32ClNO3. The van der Waals surface area contributed by atoms with Gasteiger partial charge >= 0.3 is 5.97 Å². The van der Waals surface area contributed by atoms with Gasteiger partial charge in [-0.3, -0.25) is 9.69 Å². The fourth-order valence-electron chi connectivity index (χ4n) is 3.64. The maximum Gasteiger partial charge on any atom is 0.305 e. The van der Waals surface area contributed by atoms with E-state index in [1.165, 1.54) is 16.7 Å². The molecule has 3 rings (SSSR count). The second-order valence-corrected chi connectivity index (χ2v) is 7.39. The Kier molecular flexibility index (Phi) is 10.2. The van der Waals surface area contributed by atoms with Crippen LogP contribution in [0.4, 0.5) is 0 Å². The number of hydrogen-bond acceptors (Lipinski definition) is 4. The number of rotatable bonds is 9. The summed E-state index contributed by atoms with van der Waals surface area (Å²) < 4.78 is 11.5. The number of ether oxygens (including phenoxy) is 2. The van der Waals surface area contributed by atoms with Crippen LogP contribution in [0.2, 0.25) is 0 Å². The van der Waals surface area contributed by atoms with Crippen molar-refractivity contribution in [3.05, 3.63) is 71.3 Å². The highest BCUT2D eigenvalue weighted by Gasteiger charge is 2.22. The topological polar surface area (TPSA) is 38.8 Å². The second kappa shape index (κ2) is 12.6. The SMILES string of the molecule is CCC(=O)O[C@@H]1CCCN(CCOCc2ccccc2Cc2ccccc2)C1.Cl. The molecule has 2 aromatic rings. The number of piperidine rings is 1. The molecule has 0 radical (unpaired) electrons. The molecule has 2 aromatic carbocycles. The normalized spacial score (nSPS) is 16.8. The van der Waals surface area contributed by atoms with Crippen LogP contribution in [0.5, 0.6) is 0 Å². The van der Waals surface area contributed by atoms with Gasteiger partial charge in [-0.1, -0.05) is 61.5 Å². The summed E-state index contributed by atoms with van der Waals surface area (Å²) in [4.78, 5) is 13.8. The van der Waals surface area contributed by atoms with Crippen molar-refractivity contribution < 1.29 is 14.3 Å². The fraction of sp³-hybridized carbons (Fsp3) is 0.458. The minimum absolute atomic E-state index is 0. The molecule has 0 spiro atoms. The largest absolute Gasteiger partial charge is 0.461 e.